The Kier molecular flexibility index (Phi) is 8.36. The molecule has 0 heterocycles. The van der Waals surface area contributed by atoms with Gasteiger partial charge in [0.15, 0.2) is 0 Å². The molecule has 0 atom stereocenters. The van der Waals surface area contributed by atoms with Crippen LogP contribution in [-0.4, -0.2) is 11.1 Å². The van der Waals surface area contributed by atoms with Crippen LogP contribution >= 0.6 is 15.9 Å². The predicted molar refractivity (Wildman–Crippen MR) is 52.2 cm³/mol. The third kappa shape index (κ3) is 8.05. The van der Waals surface area contributed by atoms with Gasteiger partial charge in [-0.25, -0.2) is 0 Å². The van der Waals surface area contributed by atoms with Gasteiger partial charge in [0.05, 0.1) is 0 Å². The minimum Gasteiger partial charge on any atom is -0.300 e. The standard InChI is InChI=1S/C9H17BrO/c1-2-3-4-6-9(11)7-5-8-10/h2-8H2,1H3. The smallest absolute Gasteiger partial charge is 0.132 e. The second kappa shape index (κ2) is 8.25. The molecule has 0 aliphatic heterocycles. The highest BCUT2D eigenvalue weighted by molar-refractivity contribution is 9.09. The normalized spacial score (nSPS) is 10.0. The fraction of sp³-hybridized carbons (Fsp3) is 0.889. The number of hydrogen-bond acceptors (Lipinski definition) is 1. The van der Waals surface area contributed by atoms with Gasteiger partial charge in [-0.15, -0.1) is 0 Å². The zero-order chi connectivity index (χ0) is 8.53. The van der Waals surface area contributed by atoms with Crippen LogP contribution in [0.1, 0.15) is 45.4 Å². The van der Waals surface area contributed by atoms with Gasteiger partial charge in [0.1, 0.15) is 5.78 Å². The van der Waals surface area contributed by atoms with E-state index in [1.165, 1.54) is 12.8 Å². The van der Waals surface area contributed by atoms with Crippen LogP contribution in [0, 0.1) is 0 Å². The Labute approximate surface area is 77.7 Å². The molecular weight excluding hydrogens is 204 g/mol. The summed E-state index contributed by atoms with van der Waals surface area (Å²) >= 11 is 3.31. The van der Waals surface area contributed by atoms with Crippen molar-refractivity contribution in [2.24, 2.45) is 0 Å². The minimum atomic E-state index is 0.429. The molecule has 0 aliphatic rings. The van der Waals surface area contributed by atoms with E-state index in [0.29, 0.717) is 5.78 Å². The number of carbonyl (C=O) groups is 1. The van der Waals surface area contributed by atoms with Crippen molar-refractivity contribution in [3.63, 3.8) is 0 Å². The summed E-state index contributed by atoms with van der Waals surface area (Å²) in [5.74, 6) is 0.429. The van der Waals surface area contributed by atoms with Crippen LogP contribution in [0.3, 0.4) is 0 Å². The van der Waals surface area contributed by atoms with Crippen molar-refractivity contribution in [2.45, 2.75) is 45.4 Å². The number of hydrogen-bond donors (Lipinski definition) is 0. The van der Waals surface area contributed by atoms with E-state index < -0.39 is 0 Å². The first kappa shape index (κ1) is 11.2. The molecule has 0 fully saturated rings. The molecule has 11 heavy (non-hydrogen) atoms. The Morgan fingerprint density at radius 3 is 2.36 bits per heavy atom. The quantitative estimate of drug-likeness (QED) is 0.476. The summed E-state index contributed by atoms with van der Waals surface area (Å²) in [4.78, 5) is 11.1. The van der Waals surface area contributed by atoms with E-state index >= 15 is 0 Å². The van der Waals surface area contributed by atoms with Crippen molar-refractivity contribution in [1.29, 1.82) is 0 Å². The molecule has 0 aliphatic carbocycles. The van der Waals surface area contributed by atoms with E-state index in [2.05, 4.69) is 22.9 Å². The Morgan fingerprint density at radius 1 is 1.18 bits per heavy atom. The van der Waals surface area contributed by atoms with Crippen LogP contribution < -0.4 is 0 Å². The zero-order valence-corrected chi connectivity index (χ0v) is 8.82. The summed E-state index contributed by atoms with van der Waals surface area (Å²) in [6.45, 7) is 2.16. The van der Waals surface area contributed by atoms with Gasteiger partial charge < -0.3 is 0 Å². The van der Waals surface area contributed by atoms with Crippen molar-refractivity contribution in [3.05, 3.63) is 0 Å². The van der Waals surface area contributed by atoms with Crippen molar-refractivity contribution < 1.29 is 4.79 Å². The molecule has 0 rings (SSSR count). The van der Waals surface area contributed by atoms with Crippen LogP contribution in [0.4, 0.5) is 0 Å². The molecule has 66 valence electrons. The fourth-order valence-corrected chi connectivity index (χ4v) is 1.24. The number of alkyl halides is 1. The van der Waals surface area contributed by atoms with Gasteiger partial charge >= 0.3 is 0 Å². The molecule has 0 saturated carbocycles. The Hall–Kier alpha value is 0.150. The van der Waals surface area contributed by atoms with Gasteiger partial charge in [0.25, 0.3) is 0 Å². The highest BCUT2D eigenvalue weighted by Crippen LogP contribution is 2.04. The molecule has 0 spiro atoms. The Balaban J connectivity index is 3.09. The number of unbranched alkanes of at least 4 members (excludes halogenated alkanes) is 2. The van der Waals surface area contributed by atoms with Gasteiger partial charge in [-0.2, -0.15) is 0 Å². The number of carbonyl (C=O) groups excluding carboxylic acids is 1. The Morgan fingerprint density at radius 2 is 1.82 bits per heavy atom. The lowest BCUT2D eigenvalue weighted by Gasteiger charge is -1.97. The maximum absolute atomic E-state index is 11.1. The first-order valence-electron chi connectivity index (χ1n) is 4.39. The SMILES string of the molecule is CCCCCC(=O)CCCBr. The third-order valence-corrected chi connectivity index (χ3v) is 2.21. The summed E-state index contributed by atoms with van der Waals surface area (Å²) < 4.78 is 0. The van der Waals surface area contributed by atoms with E-state index in [0.717, 1.165) is 31.0 Å². The van der Waals surface area contributed by atoms with Crippen LogP contribution in [0.15, 0.2) is 0 Å². The van der Waals surface area contributed by atoms with Gasteiger partial charge in [0, 0.05) is 18.2 Å². The maximum Gasteiger partial charge on any atom is 0.132 e. The first-order chi connectivity index (χ1) is 5.31. The Bertz CT molecular complexity index is 102. The van der Waals surface area contributed by atoms with Gasteiger partial charge in [0.2, 0.25) is 0 Å². The van der Waals surface area contributed by atoms with Gasteiger partial charge in [-0.05, 0) is 12.8 Å². The molecule has 0 aromatic carbocycles. The summed E-state index contributed by atoms with van der Waals surface area (Å²) in [7, 11) is 0. The van der Waals surface area contributed by atoms with Crippen molar-refractivity contribution in [2.75, 3.05) is 5.33 Å². The van der Waals surface area contributed by atoms with E-state index in [1.54, 1.807) is 0 Å². The average molecular weight is 221 g/mol. The van der Waals surface area contributed by atoms with Crippen LogP contribution in [0.5, 0.6) is 0 Å². The van der Waals surface area contributed by atoms with E-state index in [-0.39, 0.29) is 0 Å². The second-order valence-electron chi connectivity index (χ2n) is 2.79. The average Bonchev–Trinajstić information content (AvgIpc) is 2.01. The monoisotopic (exact) mass is 220 g/mol. The van der Waals surface area contributed by atoms with Crippen molar-refractivity contribution in [1.82, 2.24) is 0 Å². The molecule has 0 radical (unpaired) electrons. The van der Waals surface area contributed by atoms with Crippen LogP contribution in [0.25, 0.3) is 0 Å². The summed E-state index contributed by atoms with van der Waals surface area (Å²) in [5, 5.41) is 0.951. The lowest BCUT2D eigenvalue weighted by molar-refractivity contribution is -0.119. The highest BCUT2D eigenvalue weighted by atomic mass is 79.9. The number of ketones is 1. The molecule has 0 aromatic heterocycles. The predicted octanol–water partition coefficient (Wildman–Crippen LogP) is 3.31. The fourth-order valence-electron chi connectivity index (χ4n) is 0.961. The van der Waals surface area contributed by atoms with E-state index in [4.69, 9.17) is 0 Å². The molecule has 0 bridgehead atoms. The lowest BCUT2D eigenvalue weighted by atomic mass is 10.1. The van der Waals surface area contributed by atoms with Crippen molar-refractivity contribution in [3.8, 4) is 0 Å². The third-order valence-electron chi connectivity index (χ3n) is 1.65. The van der Waals surface area contributed by atoms with Crippen LogP contribution in [0.2, 0.25) is 0 Å². The molecule has 1 nitrogen and oxygen atoms in total. The summed E-state index contributed by atoms with van der Waals surface area (Å²) in [6, 6.07) is 0. The van der Waals surface area contributed by atoms with E-state index in [9.17, 15) is 4.79 Å². The molecule has 0 N–H and O–H groups in total. The lowest BCUT2D eigenvalue weighted by Crippen LogP contribution is -1.97. The zero-order valence-electron chi connectivity index (χ0n) is 7.24. The maximum atomic E-state index is 11.1. The number of Topliss-reactive ketones (excluding diaryl/α,β-unsaturated/α-hetero) is 1. The number of rotatable bonds is 7. The van der Waals surface area contributed by atoms with Crippen molar-refractivity contribution >= 4 is 21.7 Å². The first-order valence-corrected chi connectivity index (χ1v) is 5.51. The molecular formula is C9H17BrO. The van der Waals surface area contributed by atoms with Crippen LogP contribution in [-0.2, 0) is 4.79 Å². The molecule has 0 unspecified atom stereocenters. The molecule has 0 amide bonds. The number of halogens is 1. The molecule has 0 saturated heterocycles. The molecule has 0 aromatic rings. The second-order valence-corrected chi connectivity index (χ2v) is 3.58. The van der Waals surface area contributed by atoms with Gasteiger partial charge in [-0.1, -0.05) is 35.7 Å². The highest BCUT2D eigenvalue weighted by Gasteiger charge is 1.99. The largest absolute Gasteiger partial charge is 0.300 e. The topological polar surface area (TPSA) is 17.1 Å². The molecule has 2 heteroatoms. The van der Waals surface area contributed by atoms with E-state index in [1.807, 2.05) is 0 Å². The van der Waals surface area contributed by atoms with Gasteiger partial charge in [-0.3, -0.25) is 4.79 Å². The minimum absolute atomic E-state index is 0.429. The summed E-state index contributed by atoms with van der Waals surface area (Å²) in [6.07, 6.45) is 6.02. The summed E-state index contributed by atoms with van der Waals surface area (Å²) in [5.41, 5.74) is 0.